The normalized spacial score (nSPS) is 16.9. The molecule has 0 spiro atoms. The molecule has 1 aliphatic heterocycles. The van der Waals surface area contributed by atoms with E-state index in [-0.39, 0.29) is 17.7 Å². The fourth-order valence-electron chi connectivity index (χ4n) is 3.57. The smallest absolute Gasteiger partial charge is 0.254 e. The molecular formula is C22H25N3O2. The number of nitrogens with zero attached hydrogens (tertiary/aromatic N) is 2. The van der Waals surface area contributed by atoms with Crippen molar-refractivity contribution in [2.45, 2.75) is 19.8 Å². The number of carbonyl (C=O) groups excluding carboxylic acids is 2. The highest BCUT2D eigenvalue weighted by Crippen LogP contribution is 2.30. The lowest BCUT2D eigenvalue weighted by Crippen LogP contribution is -2.49. The molecule has 140 valence electrons. The lowest BCUT2D eigenvalue weighted by Gasteiger charge is -2.36. The van der Waals surface area contributed by atoms with E-state index in [1.165, 1.54) is 11.3 Å². The van der Waals surface area contributed by atoms with Gasteiger partial charge in [-0.25, -0.2) is 0 Å². The maximum atomic E-state index is 12.9. The molecule has 1 saturated carbocycles. The highest BCUT2D eigenvalue weighted by atomic mass is 16.2. The SMILES string of the molecule is Cc1ccccc1N1CCN(C(=O)c2cccc(NC(=O)C3CC3)c2)CC1. The van der Waals surface area contributed by atoms with Gasteiger partial charge in [0.1, 0.15) is 0 Å². The highest BCUT2D eigenvalue weighted by molar-refractivity contribution is 5.98. The van der Waals surface area contributed by atoms with Crippen molar-refractivity contribution in [2.24, 2.45) is 5.92 Å². The van der Waals surface area contributed by atoms with Gasteiger partial charge in [0, 0.05) is 49.0 Å². The number of hydrogen-bond acceptors (Lipinski definition) is 3. The first-order chi connectivity index (χ1) is 13.1. The summed E-state index contributed by atoms with van der Waals surface area (Å²) in [4.78, 5) is 29.1. The summed E-state index contributed by atoms with van der Waals surface area (Å²) in [5.74, 6) is 0.243. The topological polar surface area (TPSA) is 52.6 Å². The van der Waals surface area contributed by atoms with Crippen LogP contribution in [0.2, 0.25) is 0 Å². The van der Waals surface area contributed by atoms with Crippen molar-refractivity contribution in [1.29, 1.82) is 0 Å². The number of aryl methyl sites for hydroxylation is 1. The van der Waals surface area contributed by atoms with Gasteiger partial charge in [-0.15, -0.1) is 0 Å². The third kappa shape index (κ3) is 3.97. The Bertz CT molecular complexity index is 852. The first kappa shape index (κ1) is 17.6. The maximum Gasteiger partial charge on any atom is 0.254 e. The van der Waals surface area contributed by atoms with Gasteiger partial charge in [0.15, 0.2) is 0 Å². The van der Waals surface area contributed by atoms with Crippen molar-refractivity contribution < 1.29 is 9.59 Å². The standard InChI is InChI=1S/C22H25N3O2/c1-16-5-2-3-8-20(16)24-11-13-25(14-12-24)22(27)18-6-4-7-19(15-18)23-21(26)17-9-10-17/h2-8,15,17H,9-14H2,1H3,(H,23,26). The number of carbonyl (C=O) groups is 2. The molecule has 1 heterocycles. The van der Waals surface area contributed by atoms with Gasteiger partial charge in [0.05, 0.1) is 0 Å². The molecule has 2 aliphatic rings. The van der Waals surface area contributed by atoms with Gasteiger partial charge in [-0.1, -0.05) is 24.3 Å². The van der Waals surface area contributed by atoms with Crippen LogP contribution < -0.4 is 10.2 Å². The van der Waals surface area contributed by atoms with Crippen LogP contribution in [0.3, 0.4) is 0 Å². The van der Waals surface area contributed by atoms with Gasteiger partial charge in [-0.3, -0.25) is 9.59 Å². The van der Waals surface area contributed by atoms with E-state index in [9.17, 15) is 9.59 Å². The molecule has 2 fully saturated rings. The Morgan fingerprint density at radius 1 is 0.963 bits per heavy atom. The van der Waals surface area contributed by atoms with Gasteiger partial charge >= 0.3 is 0 Å². The first-order valence-electron chi connectivity index (χ1n) is 9.62. The van der Waals surface area contributed by atoms with Crippen LogP contribution in [-0.2, 0) is 4.79 Å². The zero-order valence-electron chi connectivity index (χ0n) is 15.6. The summed E-state index contributed by atoms with van der Waals surface area (Å²) >= 11 is 0. The van der Waals surface area contributed by atoms with Crippen LogP contribution in [0.1, 0.15) is 28.8 Å². The summed E-state index contributed by atoms with van der Waals surface area (Å²) in [5.41, 5.74) is 3.84. The monoisotopic (exact) mass is 363 g/mol. The van der Waals surface area contributed by atoms with Crippen molar-refractivity contribution in [3.8, 4) is 0 Å². The predicted molar refractivity (Wildman–Crippen MR) is 107 cm³/mol. The molecule has 2 amide bonds. The Hall–Kier alpha value is -2.82. The highest BCUT2D eigenvalue weighted by Gasteiger charge is 2.29. The average Bonchev–Trinajstić information content (AvgIpc) is 3.54. The van der Waals surface area contributed by atoms with Gasteiger partial charge in [-0.2, -0.15) is 0 Å². The van der Waals surface area contributed by atoms with Crippen LogP contribution in [0, 0.1) is 12.8 Å². The van der Waals surface area contributed by atoms with Crippen molar-refractivity contribution in [3.05, 3.63) is 59.7 Å². The van der Waals surface area contributed by atoms with E-state index in [0.717, 1.165) is 25.9 Å². The summed E-state index contributed by atoms with van der Waals surface area (Å²) in [6, 6.07) is 15.6. The van der Waals surface area contributed by atoms with Crippen molar-refractivity contribution in [1.82, 2.24) is 4.90 Å². The minimum atomic E-state index is 0.0296. The van der Waals surface area contributed by atoms with Gasteiger partial charge in [0.25, 0.3) is 5.91 Å². The molecule has 0 radical (unpaired) electrons. The Morgan fingerprint density at radius 2 is 1.70 bits per heavy atom. The number of nitrogens with one attached hydrogen (secondary N) is 1. The van der Waals surface area contributed by atoms with Crippen LogP contribution in [0.15, 0.2) is 48.5 Å². The quantitative estimate of drug-likeness (QED) is 0.907. The number of anilines is 2. The second-order valence-corrected chi connectivity index (χ2v) is 7.41. The van der Waals surface area contributed by atoms with E-state index in [1.807, 2.05) is 29.2 Å². The maximum absolute atomic E-state index is 12.9. The number of amides is 2. The summed E-state index contributed by atoms with van der Waals surface area (Å²) in [6.45, 7) is 5.18. The zero-order chi connectivity index (χ0) is 18.8. The Balaban J connectivity index is 1.39. The molecule has 5 nitrogen and oxygen atoms in total. The molecule has 0 atom stereocenters. The minimum absolute atomic E-state index is 0.0296. The van der Waals surface area contributed by atoms with Crippen molar-refractivity contribution >= 4 is 23.2 Å². The number of benzene rings is 2. The number of hydrogen-bond donors (Lipinski definition) is 1. The fourth-order valence-corrected chi connectivity index (χ4v) is 3.57. The molecule has 1 N–H and O–H groups in total. The van der Waals surface area contributed by atoms with E-state index in [0.29, 0.717) is 24.3 Å². The van der Waals surface area contributed by atoms with Gasteiger partial charge < -0.3 is 15.1 Å². The lowest BCUT2D eigenvalue weighted by molar-refractivity contribution is -0.117. The molecule has 1 aliphatic carbocycles. The van der Waals surface area contributed by atoms with Crippen LogP contribution >= 0.6 is 0 Å². The third-order valence-corrected chi connectivity index (χ3v) is 5.35. The van der Waals surface area contributed by atoms with E-state index >= 15 is 0 Å². The van der Waals surface area contributed by atoms with E-state index < -0.39 is 0 Å². The molecular weight excluding hydrogens is 338 g/mol. The van der Waals surface area contributed by atoms with Gasteiger partial charge in [0.2, 0.25) is 5.91 Å². The molecule has 0 bridgehead atoms. The summed E-state index contributed by atoms with van der Waals surface area (Å²) in [6.07, 6.45) is 1.94. The van der Waals surface area contributed by atoms with Crippen LogP contribution in [0.5, 0.6) is 0 Å². The number of para-hydroxylation sites is 1. The molecule has 1 saturated heterocycles. The number of piperazine rings is 1. The largest absolute Gasteiger partial charge is 0.368 e. The van der Waals surface area contributed by atoms with Crippen molar-refractivity contribution in [2.75, 3.05) is 36.4 Å². The number of rotatable bonds is 4. The molecule has 0 unspecified atom stereocenters. The van der Waals surface area contributed by atoms with E-state index in [4.69, 9.17) is 0 Å². The van der Waals surface area contributed by atoms with Crippen molar-refractivity contribution in [3.63, 3.8) is 0 Å². The van der Waals surface area contributed by atoms with Gasteiger partial charge in [-0.05, 0) is 49.6 Å². The molecule has 2 aromatic carbocycles. The molecule has 27 heavy (non-hydrogen) atoms. The molecule has 5 heteroatoms. The van der Waals surface area contributed by atoms with E-state index in [2.05, 4.69) is 35.3 Å². The second-order valence-electron chi connectivity index (χ2n) is 7.41. The zero-order valence-corrected chi connectivity index (χ0v) is 15.6. The summed E-state index contributed by atoms with van der Waals surface area (Å²) in [7, 11) is 0. The average molecular weight is 363 g/mol. The molecule has 4 rings (SSSR count). The fraction of sp³-hybridized carbons (Fsp3) is 0.364. The second kappa shape index (κ2) is 7.43. The van der Waals surface area contributed by atoms with Crippen LogP contribution in [-0.4, -0.2) is 42.9 Å². The minimum Gasteiger partial charge on any atom is -0.368 e. The Kier molecular flexibility index (Phi) is 4.84. The van der Waals surface area contributed by atoms with Crippen LogP contribution in [0.4, 0.5) is 11.4 Å². The Labute approximate surface area is 160 Å². The lowest BCUT2D eigenvalue weighted by atomic mass is 10.1. The molecule has 2 aromatic rings. The summed E-state index contributed by atoms with van der Waals surface area (Å²) in [5, 5.41) is 2.92. The molecule has 0 aromatic heterocycles. The van der Waals surface area contributed by atoms with Crippen LogP contribution in [0.25, 0.3) is 0 Å². The Morgan fingerprint density at radius 3 is 2.41 bits per heavy atom. The summed E-state index contributed by atoms with van der Waals surface area (Å²) < 4.78 is 0. The predicted octanol–water partition coefficient (Wildman–Crippen LogP) is 3.31. The first-order valence-corrected chi connectivity index (χ1v) is 9.62. The third-order valence-electron chi connectivity index (χ3n) is 5.35. The van der Waals surface area contributed by atoms with E-state index in [1.54, 1.807) is 6.07 Å².